The molecule has 2 atom stereocenters. The Morgan fingerprint density at radius 3 is 2.85 bits per heavy atom. The Morgan fingerprint density at radius 2 is 2.10 bits per heavy atom. The minimum absolute atomic E-state index is 0.0119. The van der Waals surface area contributed by atoms with Crippen LogP contribution < -0.4 is 10.5 Å². The summed E-state index contributed by atoms with van der Waals surface area (Å²) < 4.78 is 27.6. The van der Waals surface area contributed by atoms with E-state index in [1.54, 1.807) is 0 Å². The molecule has 3 heterocycles. The second kappa shape index (κ2) is 5.31. The molecule has 0 spiro atoms. The van der Waals surface area contributed by atoms with Gasteiger partial charge in [0.05, 0.1) is 0 Å². The van der Waals surface area contributed by atoms with Crippen LogP contribution >= 0.6 is 0 Å². The molecule has 7 heteroatoms. The Kier molecular flexibility index (Phi) is 3.66. The first kappa shape index (κ1) is 13.8. The van der Waals surface area contributed by atoms with Crippen LogP contribution in [0.5, 0.6) is 0 Å². The topological polar surface area (TPSA) is 88.3 Å². The zero-order valence-electron chi connectivity index (χ0n) is 11.3. The molecule has 20 heavy (non-hydrogen) atoms. The number of nitrogens with one attached hydrogen (secondary N) is 1. The highest BCUT2D eigenvalue weighted by Crippen LogP contribution is 2.28. The number of hydrogen-bond donors (Lipinski definition) is 2. The predicted molar refractivity (Wildman–Crippen MR) is 76.6 cm³/mol. The van der Waals surface area contributed by atoms with Gasteiger partial charge in [0.25, 0.3) is 0 Å². The molecule has 2 saturated heterocycles. The minimum Gasteiger partial charge on any atom is -0.384 e. The van der Waals surface area contributed by atoms with Crippen molar-refractivity contribution in [2.45, 2.75) is 42.7 Å². The molecule has 2 fully saturated rings. The third kappa shape index (κ3) is 2.65. The second-order valence-electron chi connectivity index (χ2n) is 5.53. The van der Waals surface area contributed by atoms with E-state index >= 15 is 0 Å². The predicted octanol–water partition coefficient (Wildman–Crippen LogP) is 0.569. The van der Waals surface area contributed by atoms with E-state index in [1.165, 1.54) is 31.2 Å². The van der Waals surface area contributed by atoms with Gasteiger partial charge in [-0.05, 0) is 37.9 Å². The summed E-state index contributed by atoms with van der Waals surface area (Å²) in [7, 11) is -3.51. The highest BCUT2D eigenvalue weighted by molar-refractivity contribution is 7.89. The normalized spacial score (nSPS) is 27.4. The number of nitrogens with two attached hydrogens (primary N) is 1. The summed E-state index contributed by atoms with van der Waals surface area (Å²) in [6.07, 6.45) is 5.67. The molecule has 1 aromatic rings. The summed E-state index contributed by atoms with van der Waals surface area (Å²) in [5.41, 5.74) is 5.49. The lowest BCUT2D eigenvalue weighted by molar-refractivity contribution is 0.186. The molecule has 6 nitrogen and oxygen atoms in total. The SMILES string of the molecule is Nc1ccc(S(=O)(=O)NC2CCN3CCCCC23)cn1. The molecule has 0 amide bonds. The second-order valence-corrected chi connectivity index (χ2v) is 7.25. The highest BCUT2D eigenvalue weighted by atomic mass is 32.2. The summed E-state index contributed by atoms with van der Waals surface area (Å²) in [5.74, 6) is 0.322. The number of fused-ring (bicyclic) bond motifs is 1. The van der Waals surface area contributed by atoms with Crippen LogP contribution in [0.4, 0.5) is 5.82 Å². The van der Waals surface area contributed by atoms with E-state index in [4.69, 9.17) is 5.73 Å². The number of nitrogen functional groups attached to an aromatic ring is 1. The van der Waals surface area contributed by atoms with Gasteiger partial charge in [0.15, 0.2) is 0 Å². The Hall–Kier alpha value is -1.18. The Morgan fingerprint density at radius 1 is 1.25 bits per heavy atom. The molecule has 110 valence electrons. The fraction of sp³-hybridized carbons (Fsp3) is 0.615. The van der Waals surface area contributed by atoms with Gasteiger partial charge in [-0.25, -0.2) is 18.1 Å². The molecular weight excluding hydrogens is 276 g/mol. The van der Waals surface area contributed by atoms with Crippen molar-refractivity contribution in [2.24, 2.45) is 0 Å². The van der Waals surface area contributed by atoms with Crippen molar-refractivity contribution < 1.29 is 8.42 Å². The van der Waals surface area contributed by atoms with E-state index in [1.807, 2.05) is 0 Å². The molecule has 2 aliphatic rings. The monoisotopic (exact) mass is 296 g/mol. The molecule has 3 rings (SSSR count). The maximum atomic E-state index is 12.4. The van der Waals surface area contributed by atoms with Gasteiger partial charge >= 0.3 is 0 Å². The van der Waals surface area contributed by atoms with Crippen molar-refractivity contribution in [3.05, 3.63) is 18.3 Å². The lowest BCUT2D eigenvalue weighted by atomic mass is 10.00. The van der Waals surface area contributed by atoms with Crippen molar-refractivity contribution in [2.75, 3.05) is 18.8 Å². The molecule has 0 bridgehead atoms. The fourth-order valence-corrected chi connectivity index (χ4v) is 4.45. The van der Waals surface area contributed by atoms with Crippen molar-refractivity contribution in [3.63, 3.8) is 0 Å². The zero-order chi connectivity index (χ0) is 14.2. The molecule has 0 radical (unpaired) electrons. The van der Waals surface area contributed by atoms with Gasteiger partial charge in [0.1, 0.15) is 10.7 Å². The summed E-state index contributed by atoms with van der Waals surface area (Å²) >= 11 is 0. The number of nitrogens with zero attached hydrogens (tertiary/aromatic N) is 2. The summed E-state index contributed by atoms with van der Waals surface area (Å²) in [6.45, 7) is 2.07. The van der Waals surface area contributed by atoms with E-state index < -0.39 is 10.0 Å². The number of aromatic nitrogens is 1. The Labute approximate surface area is 119 Å². The van der Waals surface area contributed by atoms with Crippen LogP contribution in [0.1, 0.15) is 25.7 Å². The number of anilines is 1. The van der Waals surface area contributed by atoms with Crippen LogP contribution in [0.15, 0.2) is 23.2 Å². The zero-order valence-corrected chi connectivity index (χ0v) is 12.1. The van der Waals surface area contributed by atoms with E-state index in [-0.39, 0.29) is 10.9 Å². The van der Waals surface area contributed by atoms with Crippen molar-refractivity contribution in [3.8, 4) is 0 Å². The van der Waals surface area contributed by atoms with E-state index in [0.29, 0.717) is 11.9 Å². The minimum atomic E-state index is -3.51. The van der Waals surface area contributed by atoms with Gasteiger partial charge in [0, 0.05) is 24.8 Å². The average Bonchev–Trinajstić information content (AvgIpc) is 2.82. The lowest BCUT2D eigenvalue weighted by Gasteiger charge is -2.32. The summed E-state index contributed by atoms with van der Waals surface area (Å²) in [4.78, 5) is 6.43. The van der Waals surface area contributed by atoms with Gasteiger partial charge in [-0.3, -0.25) is 4.90 Å². The Balaban J connectivity index is 1.75. The van der Waals surface area contributed by atoms with Crippen LogP contribution in [0.2, 0.25) is 0 Å². The van der Waals surface area contributed by atoms with Crippen LogP contribution in [-0.4, -0.2) is 43.5 Å². The largest absolute Gasteiger partial charge is 0.384 e. The number of piperidine rings is 1. The molecule has 3 N–H and O–H groups in total. The fourth-order valence-electron chi connectivity index (χ4n) is 3.20. The van der Waals surface area contributed by atoms with Gasteiger partial charge in [0.2, 0.25) is 10.0 Å². The molecule has 2 aliphatic heterocycles. The van der Waals surface area contributed by atoms with Crippen LogP contribution in [0.25, 0.3) is 0 Å². The standard InChI is InChI=1S/C13H20N4O2S/c14-13-5-4-10(9-15-13)20(18,19)16-11-6-8-17-7-2-1-3-12(11)17/h4-5,9,11-12,16H,1-3,6-8H2,(H2,14,15). The van der Waals surface area contributed by atoms with Gasteiger partial charge < -0.3 is 5.73 Å². The van der Waals surface area contributed by atoms with Crippen LogP contribution in [0, 0.1) is 0 Å². The van der Waals surface area contributed by atoms with Crippen molar-refractivity contribution in [1.82, 2.24) is 14.6 Å². The first-order valence-corrected chi connectivity index (χ1v) is 8.52. The quantitative estimate of drug-likeness (QED) is 0.851. The molecule has 0 aliphatic carbocycles. The maximum Gasteiger partial charge on any atom is 0.242 e. The first-order chi connectivity index (χ1) is 9.56. The van der Waals surface area contributed by atoms with Crippen LogP contribution in [-0.2, 0) is 10.0 Å². The average molecular weight is 296 g/mol. The van der Waals surface area contributed by atoms with Gasteiger partial charge in [-0.1, -0.05) is 6.42 Å². The molecule has 0 aromatic carbocycles. The lowest BCUT2D eigenvalue weighted by Crippen LogP contribution is -2.46. The smallest absolute Gasteiger partial charge is 0.242 e. The molecule has 1 aromatic heterocycles. The number of pyridine rings is 1. The number of sulfonamides is 1. The summed E-state index contributed by atoms with van der Waals surface area (Å²) in [5, 5.41) is 0. The van der Waals surface area contributed by atoms with E-state index in [2.05, 4.69) is 14.6 Å². The van der Waals surface area contributed by atoms with Gasteiger partial charge in [-0.2, -0.15) is 0 Å². The van der Waals surface area contributed by atoms with Crippen molar-refractivity contribution in [1.29, 1.82) is 0 Å². The third-order valence-electron chi connectivity index (χ3n) is 4.23. The van der Waals surface area contributed by atoms with Crippen LogP contribution in [0.3, 0.4) is 0 Å². The number of hydrogen-bond acceptors (Lipinski definition) is 5. The molecular formula is C13H20N4O2S. The Bertz CT molecular complexity index is 573. The summed E-state index contributed by atoms with van der Waals surface area (Å²) in [6, 6.07) is 3.37. The first-order valence-electron chi connectivity index (χ1n) is 7.04. The third-order valence-corrected chi connectivity index (χ3v) is 5.71. The van der Waals surface area contributed by atoms with Gasteiger partial charge in [-0.15, -0.1) is 0 Å². The number of rotatable bonds is 3. The van der Waals surface area contributed by atoms with Crippen molar-refractivity contribution >= 4 is 15.8 Å². The van der Waals surface area contributed by atoms with E-state index in [9.17, 15) is 8.42 Å². The van der Waals surface area contributed by atoms with E-state index in [0.717, 1.165) is 25.9 Å². The molecule has 0 saturated carbocycles. The molecule has 2 unspecified atom stereocenters. The highest BCUT2D eigenvalue weighted by Gasteiger charge is 2.37. The maximum absolute atomic E-state index is 12.4.